The largest absolute Gasteiger partial charge is 0.316 e. The zero-order valence-corrected chi connectivity index (χ0v) is 9.55. The Morgan fingerprint density at radius 1 is 1.27 bits per heavy atom. The lowest BCUT2D eigenvalue weighted by molar-refractivity contribution is 0.193. The summed E-state index contributed by atoms with van der Waals surface area (Å²) in [5.74, 6) is 0.805. The van der Waals surface area contributed by atoms with Crippen molar-refractivity contribution in [1.82, 2.24) is 10.2 Å². The number of hydrogen-bond donors (Lipinski definition) is 1. The summed E-state index contributed by atoms with van der Waals surface area (Å²) in [6, 6.07) is 0.790. The van der Waals surface area contributed by atoms with Gasteiger partial charge in [0.2, 0.25) is 0 Å². The Morgan fingerprint density at radius 2 is 2.13 bits per heavy atom. The van der Waals surface area contributed by atoms with E-state index in [1.807, 2.05) is 0 Å². The summed E-state index contributed by atoms with van der Waals surface area (Å²) >= 11 is 0. The summed E-state index contributed by atoms with van der Waals surface area (Å²) < 4.78 is 12.2. The molecule has 2 aliphatic rings. The third-order valence-corrected chi connectivity index (χ3v) is 3.53. The Balaban J connectivity index is 1.72. The van der Waals surface area contributed by atoms with Crippen LogP contribution in [0.4, 0.5) is 4.39 Å². The maximum Gasteiger partial charge on any atom is 0.0906 e. The second kappa shape index (κ2) is 5.80. The van der Waals surface area contributed by atoms with Gasteiger partial charge in [0.1, 0.15) is 0 Å². The van der Waals surface area contributed by atoms with Gasteiger partial charge in [-0.15, -0.1) is 0 Å². The number of piperidine rings is 1. The molecule has 0 aromatic rings. The van der Waals surface area contributed by atoms with Gasteiger partial charge < -0.3 is 5.32 Å². The topological polar surface area (TPSA) is 15.3 Å². The van der Waals surface area contributed by atoms with Gasteiger partial charge in [-0.3, -0.25) is 9.29 Å². The van der Waals surface area contributed by atoms with Crippen LogP contribution in [-0.4, -0.2) is 43.8 Å². The quantitative estimate of drug-likeness (QED) is 0.725. The van der Waals surface area contributed by atoms with Crippen molar-refractivity contribution in [2.24, 2.45) is 5.92 Å². The lowest BCUT2D eigenvalue weighted by atomic mass is 9.99. The highest BCUT2D eigenvalue weighted by atomic mass is 19.1. The summed E-state index contributed by atoms with van der Waals surface area (Å²) in [5.41, 5.74) is 0. The molecule has 88 valence electrons. The van der Waals surface area contributed by atoms with E-state index in [0.717, 1.165) is 24.9 Å². The molecule has 2 rings (SSSR count). The first-order valence-corrected chi connectivity index (χ1v) is 6.41. The summed E-state index contributed by atoms with van der Waals surface area (Å²) in [6.45, 7) is 4.35. The molecule has 1 unspecified atom stereocenters. The Labute approximate surface area is 92.2 Å². The fourth-order valence-corrected chi connectivity index (χ4v) is 2.54. The Morgan fingerprint density at radius 3 is 2.73 bits per heavy atom. The standard InChI is InChI=1S/C12H23FN2/c13-6-2-8-15(12-4-5-12)10-11-3-1-7-14-9-11/h11-12,14H,1-10H2. The minimum atomic E-state index is -0.161. The Bertz CT molecular complexity index is 176. The first-order chi connectivity index (χ1) is 7.40. The van der Waals surface area contributed by atoms with Crippen molar-refractivity contribution in [2.75, 3.05) is 32.9 Å². The molecule has 1 N–H and O–H groups in total. The number of rotatable bonds is 6. The van der Waals surface area contributed by atoms with E-state index in [0.29, 0.717) is 0 Å². The maximum absolute atomic E-state index is 12.2. The van der Waals surface area contributed by atoms with Crippen molar-refractivity contribution in [3.8, 4) is 0 Å². The molecule has 2 nitrogen and oxygen atoms in total. The molecule has 3 heteroatoms. The summed E-state index contributed by atoms with van der Waals surface area (Å²) in [7, 11) is 0. The molecule has 1 saturated heterocycles. The second-order valence-electron chi connectivity index (χ2n) is 4.98. The monoisotopic (exact) mass is 214 g/mol. The van der Waals surface area contributed by atoms with Crippen LogP contribution in [0.3, 0.4) is 0 Å². The van der Waals surface area contributed by atoms with E-state index in [-0.39, 0.29) is 6.67 Å². The molecule has 1 aliphatic heterocycles. The maximum atomic E-state index is 12.2. The van der Waals surface area contributed by atoms with Gasteiger partial charge in [-0.05, 0) is 51.1 Å². The van der Waals surface area contributed by atoms with Gasteiger partial charge in [0.05, 0.1) is 6.67 Å². The Hall–Kier alpha value is -0.150. The lowest BCUT2D eigenvalue weighted by Crippen LogP contribution is -2.39. The fraction of sp³-hybridized carbons (Fsp3) is 1.00. The molecule has 2 fully saturated rings. The number of hydrogen-bond acceptors (Lipinski definition) is 2. The number of alkyl halides is 1. The van der Waals surface area contributed by atoms with Crippen LogP contribution in [0, 0.1) is 5.92 Å². The molecular weight excluding hydrogens is 191 g/mol. The van der Waals surface area contributed by atoms with E-state index in [2.05, 4.69) is 10.2 Å². The average molecular weight is 214 g/mol. The van der Waals surface area contributed by atoms with Crippen molar-refractivity contribution in [2.45, 2.75) is 38.1 Å². The zero-order chi connectivity index (χ0) is 10.5. The van der Waals surface area contributed by atoms with Crippen LogP contribution in [0.1, 0.15) is 32.1 Å². The van der Waals surface area contributed by atoms with E-state index in [4.69, 9.17) is 0 Å². The van der Waals surface area contributed by atoms with Gasteiger partial charge in [-0.1, -0.05) is 0 Å². The third-order valence-electron chi connectivity index (χ3n) is 3.53. The minimum Gasteiger partial charge on any atom is -0.316 e. The summed E-state index contributed by atoms with van der Waals surface area (Å²) in [6.07, 6.45) is 6.06. The number of nitrogens with zero attached hydrogens (tertiary/aromatic N) is 1. The predicted molar refractivity (Wildman–Crippen MR) is 60.8 cm³/mol. The van der Waals surface area contributed by atoms with E-state index < -0.39 is 0 Å². The van der Waals surface area contributed by atoms with Crippen molar-refractivity contribution >= 4 is 0 Å². The van der Waals surface area contributed by atoms with Gasteiger partial charge in [0, 0.05) is 19.1 Å². The minimum absolute atomic E-state index is 0.161. The zero-order valence-electron chi connectivity index (χ0n) is 9.55. The van der Waals surface area contributed by atoms with E-state index >= 15 is 0 Å². The molecule has 0 aromatic carbocycles. The summed E-state index contributed by atoms with van der Waals surface area (Å²) in [4.78, 5) is 2.53. The average Bonchev–Trinajstić information content (AvgIpc) is 3.09. The van der Waals surface area contributed by atoms with Crippen LogP contribution in [0.5, 0.6) is 0 Å². The van der Waals surface area contributed by atoms with Crippen molar-refractivity contribution in [3.63, 3.8) is 0 Å². The molecule has 1 heterocycles. The predicted octanol–water partition coefficient (Wildman–Crippen LogP) is 1.81. The smallest absolute Gasteiger partial charge is 0.0906 e. The highest BCUT2D eigenvalue weighted by Gasteiger charge is 2.30. The Kier molecular flexibility index (Phi) is 4.39. The van der Waals surface area contributed by atoms with Gasteiger partial charge in [0.15, 0.2) is 0 Å². The van der Waals surface area contributed by atoms with Gasteiger partial charge in [0.25, 0.3) is 0 Å². The number of halogens is 1. The highest BCUT2D eigenvalue weighted by molar-refractivity contribution is 4.86. The molecule has 0 amide bonds. The number of nitrogens with one attached hydrogen (secondary N) is 1. The molecule has 15 heavy (non-hydrogen) atoms. The molecule has 1 atom stereocenters. The summed E-state index contributed by atoms with van der Waals surface area (Å²) in [5, 5.41) is 3.45. The second-order valence-corrected chi connectivity index (χ2v) is 4.98. The SMILES string of the molecule is FCCCN(CC1CCCNC1)C1CC1. The first-order valence-electron chi connectivity index (χ1n) is 6.41. The molecule has 0 bridgehead atoms. The van der Waals surface area contributed by atoms with Crippen LogP contribution in [-0.2, 0) is 0 Å². The van der Waals surface area contributed by atoms with Crippen molar-refractivity contribution < 1.29 is 4.39 Å². The highest BCUT2D eigenvalue weighted by Crippen LogP contribution is 2.28. The van der Waals surface area contributed by atoms with E-state index in [9.17, 15) is 4.39 Å². The molecule has 0 radical (unpaired) electrons. The van der Waals surface area contributed by atoms with E-state index in [1.165, 1.54) is 45.3 Å². The van der Waals surface area contributed by atoms with Crippen LogP contribution in [0.15, 0.2) is 0 Å². The van der Waals surface area contributed by atoms with Crippen LogP contribution < -0.4 is 5.32 Å². The fourth-order valence-electron chi connectivity index (χ4n) is 2.54. The molecule has 0 spiro atoms. The lowest BCUT2D eigenvalue weighted by Gasteiger charge is -2.30. The van der Waals surface area contributed by atoms with Crippen LogP contribution >= 0.6 is 0 Å². The normalized spacial score (nSPS) is 27.2. The van der Waals surface area contributed by atoms with Gasteiger partial charge in [-0.2, -0.15) is 0 Å². The van der Waals surface area contributed by atoms with Crippen molar-refractivity contribution in [3.05, 3.63) is 0 Å². The first kappa shape index (κ1) is 11.3. The van der Waals surface area contributed by atoms with Gasteiger partial charge >= 0.3 is 0 Å². The van der Waals surface area contributed by atoms with Gasteiger partial charge in [-0.25, -0.2) is 0 Å². The van der Waals surface area contributed by atoms with Crippen LogP contribution in [0.25, 0.3) is 0 Å². The molecule has 1 saturated carbocycles. The van der Waals surface area contributed by atoms with Crippen molar-refractivity contribution in [1.29, 1.82) is 0 Å². The van der Waals surface area contributed by atoms with E-state index in [1.54, 1.807) is 0 Å². The molecular formula is C12H23FN2. The molecule has 1 aliphatic carbocycles. The molecule has 0 aromatic heterocycles. The third kappa shape index (κ3) is 3.72. The van der Waals surface area contributed by atoms with Crippen LogP contribution in [0.2, 0.25) is 0 Å².